The van der Waals surface area contributed by atoms with Crippen LogP contribution in [0.15, 0.2) is 47.2 Å². The monoisotopic (exact) mass is 615 g/mol. The lowest BCUT2D eigenvalue weighted by molar-refractivity contribution is -0.513. The molecule has 0 spiro atoms. The number of hydrogen-bond donors (Lipinski definition) is 3. The van der Waals surface area contributed by atoms with E-state index in [2.05, 4.69) is 19.9 Å². The highest BCUT2D eigenvalue weighted by molar-refractivity contribution is 8.13. The normalized spacial score (nSPS) is 40.9. The Kier molecular flexibility index (Phi) is 7.35. The summed E-state index contributed by atoms with van der Waals surface area (Å²) in [7, 11) is 1.38. The van der Waals surface area contributed by atoms with Crippen molar-refractivity contribution in [1.29, 1.82) is 5.41 Å². The highest BCUT2D eigenvalue weighted by atomic mass is 32.2. The zero-order chi connectivity index (χ0) is 31.0. The molecule has 0 aliphatic heterocycles. The number of nitrogens with two attached hydrogens (primary N) is 1. The van der Waals surface area contributed by atoms with E-state index in [1.54, 1.807) is 12.1 Å². The summed E-state index contributed by atoms with van der Waals surface area (Å²) in [5.41, 5.74) is 0.321. The van der Waals surface area contributed by atoms with Crippen molar-refractivity contribution in [2.24, 2.45) is 33.5 Å². The molecule has 2 unspecified atom stereocenters. The van der Waals surface area contributed by atoms with E-state index in [4.69, 9.17) is 14.9 Å². The SMILES string of the molecule is COCC(=O)O[C@]1(C(=O)SCF)CCC2[C@]34C[C@H](C)C5=CC([NH2+]c6ccc(F)cc6)=C(C=N)C[C@]5(C)C3(C4)[C@@H](O)C[C@@]21C. The molecule has 8 atom stereocenters. The summed E-state index contributed by atoms with van der Waals surface area (Å²) in [5.74, 6) is -0.806. The lowest BCUT2D eigenvalue weighted by Gasteiger charge is -2.61. The summed E-state index contributed by atoms with van der Waals surface area (Å²) in [5, 5.41) is 22.1. The molecule has 0 saturated heterocycles. The van der Waals surface area contributed by atoms with Gasteiger partial charge in [-0.05, 0) is 85.7 Å². The van der Waals surface area contributed by atoms with Crippen LogP contribution in [0.25, 0.3) is 0 Å². The van der Waals surface area contributed by atoms with Crippen molar-refractivity contribution in [3.05, 3.63) is 53.0 Å². The molecule has 43 heavy (non-hydrogen) atoms. The Labute approximate surface area is 255 Å². The first-order valence-electron chi connectivity index (χ1n) is 15.1. The fraction of sp³-hybridized carbons (Fsp3) is 0.606. The maximum Gasteiger partial charge on any atom is 0.333 e. The van der Waals surface area contributed by atoms with E-state index in [-0.39, 0.29) is 42.5 Å². The Morgan fingerprint density at radius 2 is 1.95 bits per heavy atom. The number of esters is 1. The van der Waals surface area contributed by atoms with Gasteiger partial charge >= 0.3 is 5.97 Å². The lowest BCUT2D eigenvalue weighted by atomic mass is 9.44. The van der Waals surface area contributed by atoms with Crippen LogP contribution in [0.4, 0.5) is 14.5 Å². The molecule has 1 aromatic carbocycles. The molecule has 7 nitrogen and oxygen atoms in total. The average Bonchev–Trinajstić information content (AvgIpc) is 3.57. The van der Waals surface area contributed by atoms with Crippen LogP contribution in [-0.4, -0.2) is 53.8 Å². The van der Waals surface area contributed by atoms with Crippen LogP contribution in [0, 0.1) is 44.7 Å². The smallest absolute Gasteiger partial charge is 0.333 e. The predicted molar refractivity (Wildman–Crippen MR) is 159 cm³/mol. The number of aliphatic hydroxyl groups is 1. The topological polar surface area (TPSA) is 113 Å². The highest BCUT2D eigenvalue weighted by Crippen LogP contribution is 2.90. The number of ether oxygens (including phenoxy) is 2. The number of rotatable bonds is 8. The third-order valence-electron chi connectivity index (χ3n) is 12.2. The van der Waals surface area contributed by atoms with Gasteiger partial charge in [0.25, 0.3) is 0 Å². The van der Waals surface area contributed by atoms with Gasteiger partial charge in [-0.25, -0.2) is 13.6 Å². The minimum absolute atomic E-state index is 0.0108. The molecule has 4 saturated carbocycles. The second-order valence-electron chi connectivity index (χ2n) is 13.8. The van der Waals surface area contributed by atoms with Gasteiger partial charge in [-0.15, -0.1) is 0 Å². The van der Waals surface area contributed by atoms with Crippen LogP contribution in [0.5, 0.6) is 0 Å². The van der Waals surface area contributed by atoms with Gasteiger partial charge in [0.15, 0.2) is 5.60 Å². The second-order valence-corrected chi connectivity index (χ2v) is 14.7. The van der Waals surface area contributed by atoms with Crippen molar-refractivity contribution in [2.45, 2.75) is 71.0 Å². The first-order chi connectivity index (χ1) is 20.4. The number of quaternary nitrogens is 1. The van der Waals surface area contributed by atoms with Crippen molar-refractivity contribution >= 4 is 34.7 Å². The Morgan fingerprint density at radius 3 is 2.60 bits per heavy atom. The van der Waals surface area contributed by atoms with E-state index in [0.717, 1.165) is 29.8 Å². The summed E-state index contributed by atoms with van der Waals surface area (Å²) < 4.78 is 38.1. The predicted octanol–water partition coefficient (Wildman–Crippen LogP) is 4.97. The van der Waals surface area contributed by atoms with Crippen molar-refractivity contribution in [2.75, 3.05) is 19.7 Å². The molecule has 0 radical (unpaired) electrons. The molecular formula is C33H41F2N2O5S+. The molecule has 4 fully saturated rings. The molecule has 232 valence electrons. The second kappa shape index (κ2) is 10.3. The number of aliphatic hydroxyl groups excluding tert-OH is 1. The van der Waals surface area contributed by atoms with Crippen molar-refractivity contribution in [1.82, 2.24) is 0 Å². The molecule has 0 aromatic heterocycles. The number of thioether (sulfide) groups is 1. The summed E-state index contributed by atoms with van der Waals surface area (Å²) in [6.07, 6.45) is 6.18. The van der Waals surface area contributed by atoms with Gasteiger partial charge in [0.05, 0.1) is 6.10 Å². The van der Waals surface area contributed by atoms with E-state index in [9.17, 15) is 23.5 Å². The van der Waals surface area contributed by atoms with Crippen LogP contribution < -0.4 is 5.32 Å². The van der Waals surface area contributed by atoms with Crippen molar-refractivity contribution < 1.29 is 38.3 Å². The molecule has 6 rings (SSSR count). The number of fused-ring (bicyclic) bond motifs is 2. The van der Waals surface area contributed by atoms with Crippen molar-refractivity contribution in [3.63, 3.8) is 0 Å². The van der Waals surface area contributed by atoms with E-state index < -0.39 is 45.0 Å². The first kappa shape index (κ1) is 30.6. The van der Waals surface area contributed by atoms with E-state index in [1.807, 2.05) is 12.2 Å². The van der Waals surface area contributed by atoms with Gasteiger partial charge in [0, 0.05) is 47.3 Å². The number of methoxy groups -OCH3 is 1. The Balaban J connectivity index is 1.40. The highest BCUT2D eigenvalue weighted by Gasteiger charge is 2.88. The number of carbonyl (C=O) groups excluding carboxylic acids is 2. The molecule has 0 bridgehead atoms. The molecule has 5 aliphatic rings. The summed E-state index contributed by atoms with van der Waals surface area (Å²) >= 11 is 0.536. The summed E-state index contributed by atoms with van der Waals surface area (Å²) in [6.45, 7) is 6.09. The van der Waals surface area contributed by atoms with Crippen LogP contribution in [0.2, 0.25) is 0 Å². The fourth-order valence-electron chi connectivity index (χ4n) is 10.7. The summed E-state index contributed by atoms with van der Waals surface area (Å²) in [6, 6.07) is 5.39. The third kappa shape index (κ3) is 3.98. The quantitative estimate of drug-likeness (QED) is 0.216. The summed E-state index contributed by atoms with van der Waals surface area (Å²) in [4.78, 5) is 26.5. The molecule has 0 heterocycles. The standard InChI is InChI=1S/C33H40F2N2O5S/c1-19-12-31-17-32(31,29(2)13-20(15-36)24(11-23(19)29)37-22-7-5-21(35)6-8-22)26(38)14-30(3)25(31)9-10-33(30,28(40)43-18-34)42-27(39)16-41-4/h5-8,11,15,19,25-26,36-38H,9-10,12-14,16-18H2,1-4H3/p+1/t19-,25?,26-,29-,30-,31+,32?,33-/m0/s1. The number of nitrogens with one attached hydrogen (secondary N) is 1. The van der Waals surface area contributed by atoms with E-state index >= 15 is 0 Å². The third-order valence-corrected chi connectivity index (χ3v) is 12.9. The molecule has 0 amide bonds. The van der Waals surface area contributed by atoms with Crippen LogP contribution in [0.1, 0.15) is 59.3 Å². The minimum Gasteiger partial charge on any atom is -0.448 e. The van der Waals surface area contributed by atoms with Gasteiger partial charge in [0.1, 0.15) is 29.8 Å². The van der Waals surface area contributed by atoms with Gasteiger partial charge in [-0.1, -0.05) is 26.3 Å². The lowest BCUT2D eigenvalue weighted by Crippen LogP contribution is -2.76. The zero-order valence-corrected chi connectivity index (χ0v) is 26.0. The Bertz CT molecular complexity index is 1430. The number of hydrogen-bond acceptors (Lipinski definition) is 7. The average molecular weight is 616 g/mol. The largest absolute Gasteiger partial charge is 0.448 e. The van der Waals surface area contributed by atoms with Crippen LogP contribution in [0.3, 0.4) is 0 Å². The number of benzene rings is 1. The van der Waals surface area contributed by atoms with Gasteiger partial charge < -0.3 is 20.0 Å². The maximum atomic E-state index is 13.7. The van der Waals surface area contributed by atoms with Gasteiger partial charge in [-0.2, -0.15) is 0 Å². The van der Waals surface area contributed by atoms with E-state index in [0.29, 0.717) is 24.6 Å². The number of allylic oxidation sites excluding steroid dienone is 3. The Morgan fingerprint density at radius 1 is 1.23 bits per heavy atom. The Hall–Kier alpha value is -2.40. The van der Waals surface area contributed by atoms with Crippen LogP contribution >= 0.6 is 11.8 Å². The maximum absolute atomic E-state index is 13.7. The number of alkyl halides is 1. The first-order valence-corrected chi connectivity index (χ1v) is 16.0. The zero-order valence-electron chi connectivity index (χ0n) is 25.2. The van der Waals surface area contributed by atoms with Crippen molar-refractivity contribution in [3.8, 4) is 0 Å². The fourth-order valence-corrected chi connectivity index (χ4v) is 11.4. The molecule has 1 aromatic rings. The molecule has 10 heteroatoms. The molecule has 5 aliphatic carbocycles. The minimum atomic E-state index is -1.54. The molecule has 4 N–H and O–H groups in total. The number of halogens is 2. The molecular weight excluding hydrogens is 574 g/mol. The van der Waals surface area contributed by atoms with Gasteiger partial charge in [0.2, 0.25) is 5.12 Å². The van der Waals surface area contributed by atoms with Gasteiger partial charge in [-0.3, -0.25) is 10.1 Å². The van der Waals surface area contributed by atoms with Crippen LogP contribution in [-0.2, 0) is 19.1 Å². The van der Waals surface area contributed by atoms with E-state index in [1.165, 1.54) is 31.0 Å². The number of carbonyl (C=O) groups is 2.